The van der Waals surface area contributed by atoms with E-state index >= 15 is 0 Å². The van der Waals surface area contributed by atoms with E-state index in [2.05, 4.69) is 31.8 Å². The number of hydrogen-bond donors (Lipinski definition) is 2. The Kier molecular flexibility index (Phi) is 9.52. The minimum absolute atomic E-state index is 0.0135. The topological polar surface area (TPSA) is 98.2 Å². The van der Waals surface area contributed by atoms with Crippen LogP contribution in [0.4, 0.5) is 0 Å². The van der Waals surface area contributed by atoms with Crippen molar-refractivity contribution in [2.24, 2.45) is 5.10 Å². The van der Waals surface area contributed by atoms with Crippen LogP contribution in [0.15, 0.2) is 46.0 Å². The summed E-state index contributed by atoms with van der Waals surface area (Å²) >= 11 is 3.47. The molecule has 0 fully saturated rings. The number of amides is 2. The highest BCUT2D eigenvalue weighted by atomic mass is 79.9. The molecule has 0 aliphatic rings. The molecule has 172 valence electrons. The van der Waals surface area contributed by atoms with E-state index in [4.69, 9.17) is 14.2 Å². The van der Waals surface area contributed by atoms with Crippen LogP contribution in [-0.2, 0) is 16.0 Å². The quantitative estimate of drug-likeness (QED) is 0.380. The second kappa shape index (κ2) is 12.1. The lowest BCUT2D eigenvalue weighted by atomic mass is 10.1. The first-order chi connectivity index (χ1) is 15.2. The van der Waals surface area contributed by atoms with E-state index < -0.39 is 11.9 Å². The van der Waals surface area contributed by atoms with Crippen molar-refractivity contribution in [3.05, 3.63) is 52.0 Å². The molecule has 8 nitrogen and oxygen atoms in total. The summed E-state index contributed by atoms with van der Waals surface area (Å²) in [6, 6.07) is 9.97. The maximum Gasteiger partial charge on any atom is 0.262 e. The van der Waals surface area contributed by atoms with Gasteiger partial charge in [0.15, 0.2) is 11.5 Å². The third-order valence-corrected chi connectivity index (χ3v) is 4.88. The summed E-state index contributed by atoms with van der Waals surface area (Å²) < 4.78 is 16.9. The molecule has 0 spiro atoms. The number of carbonyl (C=O) groups excluding carboxylic acids is 2. The molecule has 2 N–H and O–H groups in total. The summed E-state index contributed by atoms with van der Waals surface area (Å²) in [6.45, 7) is 5.44. The SMILES string of the molecule is COc1ccc(CC(=O)NC(C)C(=O)NN=Cc2cc(Br)c(OC(C)C)c(OC)c2)cc1. The van der Waals surface area contributed by atoms with Crippen molar-refractivity contribution in [2.75, 3.05) is 14.2 Å². The number of hydrazone groups is 1. The maximum absolute atomic E-state index is 12.3. The van der Waals surface area contributed by atoms with Crippen LogP contribution in [0.3, 0.4) is 0 Å². The van der Waals surface area contributed by atoms with Gasteiger partial charge in [0.2, 0.25) is 5.91 Å². The van der Waals surface area contributed by atoms with Crippen molar-refractivity contribution in [3.8, 4) is 17.2 Å². The second-order valence-corrected chi connectivity index (χ2v) is 8.10. The number of methoxy groups -OCH3 is 2. The second-order valence-electron chi connectivity index (χ2n) is 7.25. The van der Waals surface area contributed by atoms with Crippen LogP contribution in [0.5, 0.6) is 17.2 Å². The monoisotopic (exact) mass is 505 g/mol. The normalized spacial score (nSPS) is 11.8. The Morgan fingerprint density at radius 1 is 1.09 bits per heavy atom. The van der Waals surface area contributed by atoms with Crippen molar-refractivity contribution in [1.82, 2.24) is 10.7 Å². The van der Waals surface area contributed by atoms with E-state index in [1.807, 2.05) is 13.8 Å². The number of halogens is 1. The zero-order chi connectivity index (χ0) is 23.7. The van der Waals surface area contributed by atoms with E-state index in [9.17, 15) is 9.59 Å². The van der Waals surface area contributed by atoms with Gasteiger partial charge in [-0.2, -0.15) is 5.10 Å². The van der Waals surface area contributed by atoms with Gasteiger partial charge in [0.1, 0.15) is 11.8 Å². The van der Waals surface area contributed by atoms with Gasteiger partial charge in [-0.05, 0) is 72.1 Å². The van der Waals surface area contributed by atoms with E-state index in [1.165, 1.54) is 6.21 Å². The van der Waals surface area contributed by atoms with Gasteiger partial charge in [-0.15, -0.1) is 0 Å². The molecule has 2 amide bonds. The summed E-state index contributed by atoms with van der Waals surface area (Å²) in [6.07, 6.45) is 1.63. The van der Waals surface area contributed by atoms with Crippen molar-refractivity contribution in [3.63, 3.8) is 0 Å². The molecule has 0 radical (unpaired) electrons. The van der Waals surface area contributed by atoms with Crippen LogP contribution < -0.4 is 25.0 Å². The van der Waals surface area contributed by atoms with Crippen LogP contribution in [0.1, 0.15) is 31.9 Å². The van der Waals surface area contributed by atoms with Crippen LogP contribution in [0, 0.1) is 0 Å². The smallest absolute Gasteiger partial charge is 0.262 e. The molecular formula is C23H28BrN3O5. The Morgan fingerprint density at radius 3 is 2.38 bits per heavy atom. The number of carbonyl (C=O) groups is 2. The van der Waals surface area contributed by atoms with Gasteiger partial charge >= 0.3 is 0 Å². The highest BCUT2D eigenvalue weighted by Gasteiger charge is 2.16. The fourth-order valence-corrected chi connectivity index (χ4v) is 3.27. The average Bonchev–Trinajstić information content (AvgIpc) is 2.75. The number of benzene rings is 2. The van der Waals surface area contributed by atoms with Crippen molar-refractivity contribution in [1.29, 1.82) is 0 Å². The molecular weight excluding hydrogens is 478 g/mol. The fraction of sp³-hybridized carbons (Fsp3) is 0.348. The predicted molar refractivity (Wildman–Crippen MR) is 126 cm³/mol. The van der Waals surface area contributed by atoms with Crippen LogP contribution >= 0.6 is 15.9 Å². The third-order valence-electron chi connectivity index (χ3n) is 4.29. The van der Waals surface area contributed by atoms with Gasteiger partial charge < -0.3 is 19.5 Å². The van der Waals surface area contributed by atoms with Gasteiger partial charge in [0.25, 0.3) is 5.91 Å². The first kappa shape index (κ1) is 25.2. The highest BCUT2D eigenvalue weighted by molar-refractivity contribution is 9.10. The molecule has 0 aliphatic heterocycles. The number of rotatable bonds is 10. The number of ether oxygens (including phenoxy) is 3. The van der Waals surface area contributed by atoms with Gasteiger partial charge in [0.05, 0.1) is 37.4 Å². The lowest BCUT2D eigenvalue weighted by molar-refractivity contribution is -0.128. The minimum atomic E-state index is -0.749. The molecule has 0 aromatic heterocycles. The Hall–Kier alpha value is -3.07. The third kappa shape index (κ3) is 7.56. The van der Waals surface area contributed by atoms with Gasteiger partial charge in [0, 0.05) is 0 Å². The molecule has 9 heteroatoms. The molecule has 0 aliphatic carbocycles. The van der Waals surface area contributed by atoms with E-state index in [0.717, 1.165) is 5.56 Å². The van der Waals surface area contributed by atoms with E-state index in [-0.39, 0.29) is 18.4 Å². The average molecular weight is 506 g/mol. The van der Waals surface area contributed by atoms with Crippen molar-refractivity contribution in [2.45, 2.75) is 39.3 Å². The standard InChI is InChI=1S/C23H28BrN3O5/c1-14(2)32-22-19(24)10-17(11-20(22)31-5)13-25-27-23(29)15(3)26-21(28)12-16-6-8-18(30-4)9-7-16/h6-11,13-15H,12H2,1-5H3,(H,26,28)(H,27,29). The Bertz CT molecular complexity index is 961. The summed E-state index contributed by atoms with van der Waals surface area (Å²) in [5, 5.41) is 6.63. The van der Waals surface area contributed by atoms with Crippen molar-refractivity contribution < 1.29 is 23.8 Å². The van der Waals surface area contributed by atoms with Crippen molar-refractivity contribution >= 4 is 34.0 Å². The number of nitrogens with one attached hydrogen (secondary N) is 2. The molecule has 0 saturated carbocycles. The van der Waals surface area contributed by atoms with Gasteiger partial charge in [-0.1, -0.05) is 12.1 Å². The Morgan fingerprint density at radius 2 is 1.78 bits per heavy atom. The molecule has 32 heavy (non-hydrogen) atoms. The maximum atomic E-state index is 12.3. The van der Waals surface area contributed by atoms with Crippen LogP contribution in [0.25, 0.3) is 0 Å². The zero-order valence-electron chi connectivity index (χ0n) is 18.8. The molecule has 2 aromatic rings. The van der Waals surface area contributed by atoms with Crippen LogP contribution in [-0.4, -0.2) is 44.4 Å². The molecule has 0 bridgehead atoms. The summed E-state index contributed by atoms with van der Waals surface area (Å²) in [7, 11) is 3.13. The summed E-state index contributed by atoms with van der Waals surface area (Å²) in [5.74, 6) is 1.15. The molecule has 1 unspecified atom stereocenters. The Balaban J connectivity index is 1.91. The number of hydrogen-bond acceptors (Lipinski definition) is 6. The highest BCUT2D eigenvalue weighted by Crippen LogP contribution is 2.36. The predicted octanol–water partition coefficient (Wildman–Crippen LogP) is 3.45. The largest absolute Gasteiger partial charge is 0.497 e. The van der Waals surface area contributed by atoms with E-state index in [0.29, 0.717) is 27.3 Å². The molecule has 2 rings (SSSR count). The van der Waals surface area contributed by atoms with Crippen LogP contribution in [0.2, 0.25) is 0 Å². The van der Waals surface area contributed by atoms with Gasteiger partial charge in [-0.3, -0.25) is 9.59 Å². The minimum Gasteiger partial charge on any atom is -0.497 e. The molecule has 0 heterocycles. The van der Waals surface area contributed by atoms with E-state index in [1.54, 1.807) is 57.5 Å². The lowest BCUT2D eigenvalue weighted by Gasteiger charge is -2.15. The first-order valence-corrected chi connectivity index (χ1v) is 10.8. The number of nitrogens with zero attached hydrogens (tertiary/aromatic N) is 1. The molecule has 1 atom stereocenters. The van der Waals surface area contributed by atoms with Gasteiger partial charge in [-0.25, -0.2) is 5.43 Å². The fourth-order valence-electron chi connectivity index (χ4n) is 2.72. The lowest BCUT2D eigenvalue weighted by Crippen LogP contribution is -2.43. The first-order valence-electron chi connectivity index (χ1n) is 10.0. The molecule has 0 saturated heterocycles. The zero-order valence-corrected chi connectivity index (χ0v) is 20.4. The summed E-state index contributed by atoms with van der Waals surface area (Å²) in [4.78, 5) is 24.5. The summed E-state index contributed by atoms with van der Waals surface area (Å²) in [5.41, 5.74) is 3.94. The molecule has 2 aromatic carbocycles. The Labute approximate surface area is 196 Å².